The van der Waals surface area contributed by atoms with Crippen LogP contribution in [0, 0.1) is 18.6 Å². The van der Waals surface area contributed by atoms with Gasteiger partial charge in [-0.15, -0.1) is 0 Å². The Labute approximate surface area is 153 Å². The summed E-state index contributed by atoms with van der Waals surface area (Å²) in [5, 5.41) is -0.0454. The normalized spacial score (nSPS) is 11.0. The minimum Gasteiger partial charge on any atom is -0.485 e. The van der Waals surface area contributed by atoms with Gasteiger partial charge in [0.05, 0.1) is 12.2 Å². The molecular weight excluding hydrogens is 366 g/mol. The van der Waals surface area contributed by atoms with Crippen LogP contribution in [-0.2, 0) is 11.3 Å². The van der Waals surface area contributed by atoms with Gasteiger partial charge in [0.15, 0.2) is 22.2 Å². The summed E-state index contributed by atoms with van der Waals surface area (Å²) in [6.07, 6.45) is 1.65. The third-order valence-corrected chi connectivity index (χ3v) is 3.95. The molecule has 0 unspecified atom stereocenters. The number of carbonyl (C=O) groups is 1. The molecule has 0 atom stereocenters. The van der Waals surface area contributed by atoms with E-state index >= 15 is 0 Å². The molecule has 136 valence electrons. The van der Waals surface area contributed by atoms with Crippen LogP contribution in [0.3, 0.4) is 0 Å². The van der Waals surface area contributed by atoms with Gasteiger partial charge in [0.2, 0.25) is 0 Å². The molecule has 0 N–H and O–H groups in total. The van der Waals surface area contributed by atoms with Crippen molar-refractivity contribution in [2.75, 3.05) is 6.61 Å². The number of aryl methyl sites for hydroxylation is 1. The van der Waals surface area contributed by atoms with Gasteiger partial charge in [-0.05, 0) is 37.6 Å². The summed E-state index contributed by atoms with van der Waals surface area (Å²) in [5.41, 5.74) is 0.853. The molecule has 3 rings (SSSR count). The highest BCUT2D eigenvalue weighted by Gasteiger charge is 2.22. The minimum absolute atomic E-state index is 0.0454. The number of carbonyl (C=O) groups excluding carboxylic acids is 1. The maximum Gasteiger partial charge on any atom is 0.358 e. The first-order valence-corrected chi connectivity index (χ1v) is 8.21. The molecule has 5 nitrogen and oxygen atoms in total. The Morgan fingerprint density at radius 1 is 1.31 bits per heavy atom. The molecule has 0 aliphatic carbocycles. The number of ether oxygens (including phenoxy) is 2. The van der Waals surface area contributed by atoms with Crippen LogP contribution in [0.2, 0.25) is 5.15 Å². The van der Waals surface area contributed by atoms with E-state index in [1.807, 2.05) is 0 Å². The van der Waals surface area contributed by atoms with E-state index in [0.717, 1.165) is 17.7 Å². The largest absolute Gasteiger partial charge is 0.485 e. The third kappa shape index (κ3) is 3.35. The minimum atomic E-state index is -0.706. The highest BCUT2D eigenvalue weighted by Crippen LogP contribution is 2.28. The predicted molar refractivity (Wildman–Crippen MR) is 91.6 cm³/mol. The zero-order chi connectivity index (χ0) is 18.8. The molecule has 0 aliphatic rings. The molecule has 0 amide bonds. The van der Waals surface area contributed by atoms with Crippen molar-refractivity contribution < 1.29 is 23.0 Å². The quantitative estimate of drug-likeness (QED) is 0.618. The second-order valence-electron chi connectivity index (χ2n) is 5.54. The number of halogens is 3. The van der Waals surface area contributed by atoms with E-state index in [2.05, 4.69) is 4.98 Å². The standard InChI is InChI=1S/C18H15ClF2N2O3/c1-3-25-18(24)15-16(19)22-17-14(7-10(2)8-23(15)17)26-9-11-12(20)5-4-6-13(11)21/h4-8H,3,9H2,1-2H3. The van der Waals surface area contributed by atoms with Crippen molar-refractivity contribution in [2.45, 2.75) is 20.5 Å². The van der Waals surface area contributed by atoms with Crippen LogP contribution >= 0.6 is 11.6 Å². The third-order valence-electron chi connectivity index (χ3n) is 3.68. The lowest BCUT2D eigenvalue weighted by molar-refractivity contribution is 0.0518. The van der Waals surface area contributed by atoms with Crippen molar-refractivity contribution in [3.63, 3.8) is 0 Å². The van der Waals surface area contributed by atoms with Gasteiger partial charge in [-0.3, -0.25) is 4.40 Å². The van der Waals surface area contributed by atoms with E-state index in [1.54, 1.807) is 26.1 Å². The van der Waals surface area contributed by atoms with Crippen LogP contribution in [-0.4, -0.2) is 22.0 Å². The zero-order valence-corrected chi connectivity index (χ0v) is 14.8. The average Bonchev–Trinajstić information content (AvgIpc) is 2.90. The summed E-state index contributed by atoms with van der Waals surface area (Å²) < 4.78 is 39.6. The number of esters is 1. The number of nitrogens with zero attached hydrogens (tertiary/aromatic N) is 2. The van der Waals surface area contributed by atoms with Crippen molar-refractivity contribution in [3.05, 3.63) is 64.1 Å². The molecule has 0 spiro atoms. The second-order valence-corrected chi connectivity index (χ2v) is 5.89. The Hall–Kier alpha value is -2.67. The molecule has 0 saturated heterocycles. The zero-order valence-electron chi connectivity index (χ0n) is 14.1. The van der Waals surface area contributed by atoms with E-state index in [-0.39, 0.29) is 41.0 Å². The fourth-order valence-electron chi connectivity index (χ4n) is 2.53. The first-order valence-electron chi connectivity index (χ1n) is 7.83. The maximum absolute atomic E-state index is 13.8. The molecule has 2 aromatic heterocycles. The van der Waals surface area contributed by atoms with Gasteiger partial charge in [0.1, 0.15) is 18.2 Å². The molecule has 0 fully saturated rings. The van der Waals surface area contributed by atoms with Crippen LogP contribution in [0.5, 0.6) is 5.75 Å². The molecule has 0 saturated carbocycles. The summed E-state index contributed by atoms with van der Waals surface area (Å²) >= 11 is 6.08. The number of hydrogen-bond acceptors (Lipinski definition) is 4. The highest BCUT2D eigenvalue weighted by atomic mass is 35.5. The van der Waals surface area contributed by atoms with Crippen LogP contribution in [0.4, 0.5) is 8.78 Å². The number of imidazole rings is 1. The van der Waals surface area contributed by atoms with Crippen LogP contribution in [0.25, 0.3) is 5.65 Å². The van der Waals surface area contributed by atoms with Crippen molar-refractivity contribution in [1.82, 2.24) is 9.38 Å². The number of fused-ring (bicyclic) bond motifs is 1. The van der Waals surface area contributed by atoms with Crippen LogP contribution < -0.4 is 4.74 Å². The summed E-state index contributed by atoms with van der Waals surface area (Å²) in [4.78, 5) is 16.3. The highest BCUT2D eigenvalue weighted by molar-refractivity contribution is 6.32. The number of benzene rings is 1. The van der Waals surface area contributed by atoms with Gasteiger partial charge >= 0.3 is 5.97 Å². The molecule has 0 aliphatic heterocycles. The van der Waals surface area contributed by atoms with E-state index in [1.165, 1.54) is 10.5 Å². The monoisotopic (exact) mass is 380 g/mol. The Bertz CT molecular complexity index is 968. The molecule has 1 aromatic carbocycles. The van der Waals surface area contributed by atoms with Crippen molar-refractivity contribution in [2.24, 2.45) is 0 Å². The number of aromatic nitrogens is 2. The fraction of sp³-hybridized carbons (Fsp3) is 0.222. The molecule has 3 aromatic rings. The first kappa shape index (κ1) is 18.1. The Morgan fingerprint density at radius 2 is 2.00 bits per heavy atom. The summed E-state index contributed by atoms with van der Waals surface area (Å²) in [6.45, 7) is 3.30. The lowest BCUT2D eigenvalue weighted by Gasteiger charge is -2.11. The van der Waals surface area contributed by atoms with Crippen LogP contribution in [0.15, 0.2) is 30.5 Å². The Balaban J connectivity index is 2.01. The Morgan fingerprint density at radius 3 is 2.65 bits per heavy atom. The SMILES string of the molecule is CCOC(=O)c1c(Cl)nc2c(OCc3c(F)cccc3F)cc(C)cn12. The maximum atomic E-state index is 13.8. The van der Waals surface area contributed by atoms with Crippen molar-refractivity contribution >= 4 is 23.2 Å². The molecular formula is C18H15ClF2N2O3. The second kappa shape index (κ2) is 7.29. The lowest BCUT2D eigenvalue weighted by Crippen LogP contribution is -2.09. The first-order chi connectivity index (χ1) is 12.4. The number of pyridine rings is 1. The van der Waals surface area contributed by atoms with Gasteiger partial charge < -0.3 is 9.47 Å². The van der Waals surface area contributed by atoms with E-state index in [9.17, 15) is 13.6 Å². The fourth-order valence-corrected chi connectivity index (χ4v) is 2.77. The Kier molecular flexibility index (Phi) is 5.08. The van der Waals surface area contributed by atoms with Gasteiger partial charge in [0.25, 0.3) is 0 Å². The van der Waals surface area contributed by atoms with Gasteiger partial charge in [0, 0.05) is 6.20 Å². The molecule has 26 heavy (non-hydrogen) atoms. The summed E-state index contributed by atoms with van der Waals surface area (Å²) in [6, 6.07) is 5.23. The van der Waals surface area contributed by atoms with E-state index < -0.39 is 17.6 Å². The van der Waals surface area contributed by atoms with Crippen LogP contribution in [0.1, 0.15) is 28.5 Å². The summed E-state index contributed by atoms with van der Waals surface area (Å²) in [5.74, 6) is -1.80. The van der Waals surface area contributed by atoms with Crippen molar-refractivity contribution in [3.8, 4) is 5.75 Å². The molecule has 0 radical (unpaired) electrons. The van der Waals surface area contributed by atoms with Gasteiger partial charge in [-0.25, -0.2) is 18.6 Å². The molecule has 0 bridgehead atoms. The van der Waals surface area contributed by atoms with E-state index in [0.29, 0.717) is 0 Å². The number of rotatable bonds is 5. The summed E-state index contributed by atoms with van der Waals surface area (Å²) in [7, 11) is 0. The lowest BCUT2D eigenvalue weighted by atomic mass is 10.2. The van der Waals surface area contributed by atoms with Gasteiger partial charge in [-0.2, -0.15) is 0 Å². The average molecular weight is 381 g/mol. The van der Waals surface area contributed by atoms with E-state index in [4.69, 9.17) is 21.1 Å². The van der Waals surface area contributed by atoms with Crippen molar-refractivity contribution in [1.29, 1.82) is 0 Å². The molecule has 2 heterocycles. The number of hydrogen-bond donors (Lipinski definition) is 0. The smallest absolute Gasteiger partial charge is 0.358 e. The predicted octanol–water partition coefficient (Wildman–Crippen LogP) is 4.33. The molecule has 8 heteroatoms. The topological polar surface area (TPSA) is 52.8 Å². The van der Waals surface area contributed by atoms with Gasteiger partial charge in [-0.1, -0.05) is 17.7 Å².